The summed E-state index contributed by atoms with van der Waals surface area (Å²) in [5.41, 5.74) is 9.93. The van der Waals surface area contributed by atoms with E-state index in [1.165, 1.54) is 36.8 Å². The Morgan fingerprint density at radius 3 is 1.46 bits per heavy atom. The number of hydrogen-bond acceptors (Lipinski definition) is 0. The van der Waals surface area contributed by atoms with Crippen LogP contribution in [0.5, 0.6) is 0 Å². The van der Waals surface area contributed by atoms with Crippen LogP contribution in [0.2, 0.25) is 33.4 Å². The van der Waals surface area contributed by atoms with Gasteiger partial charge < -0.3 is 0 Å². The van der Waals surface area contributed by atoms with E-state index in [9.17, 15) is 0 Å². The summed E-state index contributed by atoms with van der Waals surface area (Å²) < 4.78 is 5.93. The maximum atomic E-state index is 2.70. The molecule has 8 rings (SSSR count). The van der Waals surface area contributed by atoms with E-state index >= 15 is 0 Å². The first kappa shape index (κ1) is 33.6. The topological polar surface area (TPSA) is 0 Å². The third kappa shape index (κ3) is 6.41. The second-order valence-corrected chi connectivity index (χ2v) is 55.2. The Hall–Kier alpha value is -0.920. The van der Waals surface area contributed by atoms with Gasteiger partial charge in [0.2, 0.25) is 0 Å². The van der Waals surface area contributed by atoms with Crippen molar-refractivity contribution in [3.05, 3.63) is 125 Å². The molecule has 6 unspecified atom stereocenters. The Labute approximate surface area is 297 Å². The van der Waals surface area contributed by atoms with Crippen molar-refractivity contribution in [1.82, 2.24) is 0 Å². The molecule has 0 heterocycles. The molecule has 6 aliphatic rings. The number of benzene rings is 2. The summed E-state index contributed by atoms with van der Waals surface area (Å²) >= 11 is -3.11. The third-order valence-corrected chi connectivity index (χ3v) is 54.6. The van der Waals surface area contributed by atoms with Crippen LogP contribution in [-0.4, -0.2) is 11.8 Å². The molecule has 2 saturated carbocycles. The predicted octanol–water partition coefficient (Wildman–Crippen LogP) is 11.7. The Balaban J connectivity index is 0.000000147. The summed E-state index contributed by atoms with van der Waals surface area (Å²) in [6.45, 7) is 15.5. The summed E-state index contributed by atoms with van der Waals surface area (Å²) in [6.07, 6.45) is 28.6. The zero-order valence-electron chi connectivity index (χ0n) is 29.1. The van der Waals surface area contributed by atoms with E-state index in [-0.39, 0.29) is 0 Å². The average Bonchev–Trinajstić information content (AvgIpc) is 3.83. The molecule has 2 aromatic carbocycles. The standard InChI is InChI=1S/2C10H9.2C9H11.2C2H7Si.2Zr/c2*1-8-6-7-9-4-2-3-5-10(8)9;2*1-2-5-9-7-3-6-8(9)4-1;2*1-3-2;;/h2*2-5,7-8H,1H3;2*1-2,4,6,9H,3,5,7H2;2*3H,1-2H3;;. The van der Waals surface area contributed by atoms with E-state index < -0.39 is 53.7 Å². The zero-order valence-corrected chi connectivity index (χ0v) is 36.3. The van der Waals surface area contributed by atoms with Gasteiger partial charge in [0.05, 0.1) is 0 Å². The van der Waals surface area contributed by atoms with E-state index in [1.54, 1.807) is 24.0 Å². The van der Waals surface area contributed by atoms with Crippen molar-refractivity contribution in [3.8, 4) is 0 Å². The fourth-order valence-electron chi connectivity index (χ4n) is 10.0. The fourth-order valence-corrected chi connectivity index (χ4v) is 55.5. The molecule has 0 aliphatic heterocycles. The van der Waals surface area contributed by atoms with E-state index in [0.717, 1.165) is 19.1 Å². The Morgan fingerprint density at radius 2 is 1.04 bits per heavy atom. The molecule has 2 aromatic rings. The van der Waals surface area contributed by atoms with Crippen LogP contribution in [0.15, 0.2) is 103 Å². The average molecular weight is 798 g/mol. The molecular weight excluding hydrogens is 743 g/mol. The molecule has 4 heteroatoms. The van der Waals surface area contributed by atoms with Gasteiger partial charge in [-0.3, -0.25) is 0 Å². The number of allylic oxidation sites excluding steroid dienone is 10. The first-order valence-electron chi connectivity index (χ1n) is 18.4. The SMILES string of the molecule is CC1[C]([Zr]([C]2=Cc3ccccc3C2C)[SiH](C)C)=Cc2ccccc21.C[SiH](C)[Zr]([CH]1CCC2CC=CC=C21)[CH]1CCC2CC=CC=C21. The number of fused-ring (bicyclic) bond motifs is 4. The summed E-state index contributed by atoms with van der Waals surface area (Å²) in [4.78, 5) is 0. The van der Waals surface area contributed by atoms with Crippen molar-refractivity contribution in [2.45, 2.75) is 97.6 Å². The van der Waals surface area contributed by atoms with Crippen LogP contribution >= 0.6 is 0 Å². The van der Waals surface area contributed by atoms with E-state index in [0.29, 0.717) is 11.8 Å². The molecule has 0 bridgehead atoms. The van der Waals surface area contributed by atoms with Gasteiger partial charge in [0, 0.05) is 0 Å². The summed E-state index contributed by atoms with van der Waals surface area (Å²) in [5, 5.41) is 0. The summed E-state index contributed by atoms with van der Waals surface area (Å²) in [5.74, 6) is 2.03. The van der Waals surface area contributed by atoms with Crippen LogP contribution < -0.4 is 0 Å². The van der Waals surface area contributed by atoms with Crippen molar-refractivity contribution in [2.75, 3.05) is 0 Å². The molecule has 0 aromatic heterocycles. The van der Waals surface area contributed by atoms with Crippen molar-refractivity contribution < 1.29 is 41.8 Å². The predicted molar refractivity (Wildman–Crippen MR) is 200 cm³/mol. The van der Waals surface area contributed by atoms with Crippen molar-refractivity contribution in [3.63, 3.8) is 0 Å². The number of hydrogen-bond donors (Lipinski definition) is 0. The summed E-state index contributed by atoms with van der Waals surface area (Å²) in [7, 11) is 0. The molecule has 6 atom stereocenters. The van der Waals surface area contributed by atoms with Gasteiger partial charge >= 0.3 is 300 Å². The third-order valence-electron chi connectivity index (χ3n) is 12.2. The minimum atomic E-state index is -1.75. The first-order valence-corrected chi connectivity index (χ1v) is 38.0. The van der Waals surface area contributed by atoms with Gasteiger partial charge in [0.25, 0.3) is 0 Å². The number of rotatable bonds is 6. The Kier molecular flexibility index (Phi) is 10.6. The van der Waals surface area contributed by atoms with E-state index in [1.807, 2.05) is 17.7 Å². The molecule has 0 amide bonds. The zero-order chi connectivity index (χ0) is 31.9. The van der Waals surface area contributed by atoms with Crippen LogP contribution in [0.1, 0.15) is 86.5 Å². The van der Waals surface area contributed by atoms with Crippen LogP contribution in [0.25, 0.3) is 12.2 Å². The van der Waals surface area contributed by atoms with Gasteiger partial charge in [0.15, 0.2) is 0 Å². The quantitative estimate of drug-likeness (QED) is 0.256. The maximum absolute atomic E-state index is 2.70. The molecule has 6 aliphatic carbocycles. The molecule has 0 saturated heterocycles. The van der Waals surface area contributed by atoms with Gasteiger partial charge in [-0.05, 0) is 0 Å². The Morgan fingerprint density at radius 1 is 0.587 bits per heavy atom. The molecule has 0 spiro atoms. The van der Waals surface area contributed by atoms with Gasteiger partial charge in [0.1, 0.15) is 0 Å². The summed E-state index contributed by atoms with van der Waals surface area (Å²) in [6, 6.07) is 18.1. The van der Waals surface area contributed by atoms with Gasteiger partial charge in [-0.2, -0.15) is 0 Å². The molecule has 0 N–H and O–H groups in total. The van der Waals surface area contributed by atoms with E-state index in [4.69, 9.17) is 0 Å². The molecular formula is C42H54Si2Zr2. The van der Waals surface area contributed by atoms with Crippen LogP contribution in [0.3, 0.4) is 0 Å². The molecule has 238 valence electrons. The van der Waals surface area contributed by atoms with Crippen LogP contribution in [-0.2, 0) is 41.8 Å². The van der Waals surface area contributed by atoms with E-state index in [2.05, 4.69) is 137 Å². The first-order chi connectivity index (χ1) is 22.3. The fraction of sp³-hybridized carbons (Fsp3) is 0.429. The second kappa shape index (κ2) is 14.5. The van der Waals surface area contributed by atoms with Gasteiger partial charge in [-0.25, -0.2) is 0 Å². The van der Waals surface area contributed by atoms with Crippen LogP contribution in [0, 0.1) is 11.8 Å². The van der Waals surface area contributed by atoms with Gasteiger partial charge in [-0.1, -0.05) is 0 Å². The molecule has 46 heavy (non-hydrogen) atoms. The second-order valence-electron chi connectivity index (χ2n) is 15.4. The Bertz CT molecular complexity index is 1520. The van der Waals surface area contributed by atoms with Gasteiger partial charge in [-0.15, -0.1) is 0 Å². The molecule has 0 nitrogen and oxygen atoms in total. The van der Waals surface area contributed by atoms with Crippen molar-refractivity contribution >= 4 is 24.0 Å². The van der Waals surface area contributed by atoms with Crippen LogP contribution in [0.4, 0.5) is 0 Å². The van der Waals surface area contributed by atoms with Crippen molar-refractivity contribution in [1.29, 1.82) is 0 Å². The normalized spacial score (nSPS) is 28.4. The molecule has 0 radical (unpaired) electrons. The monoisotopic (exact) mass is 794 g/mol. The minimum absolute atomic E-state index is 0.458. The molecule has 2 fully saturated rings. The van der Waals surface area contributed by atoms with Crippen molar-refractivity contribution in [2.24, 2.45) is 11.8 Å².